The average Bonchev–Trinajstić information content (AvgIpc) is 2.97. The number of carboxylic acids is 1. The van der Waals surface area contributed by atoms with E-state index in [0.29, 0.717) is 17.0 Å². The summed E-state index contributed by atoms with van der Waals surface area (Å²) in [7, 11) is 0. The topological polar surface area (TPSA) is 61.1 Å². The number of carbonyl (C=O) groups is 1. The van der Waals surface area contributed by atoms with Crippen LogP contribution in [0.4, 0.5) is 0 Å². The summed E-state index contributed by atoms with van der Waals surface area (Å²) >= 11 is 5.82. The van der Waals surface area contributed by atoms with Crippen LogP contribution in [0.1, 0.15) is 23.5 Å². The Bertz CT molecular complexity index is 464. The van der Waals surface area contributed by atoms with Gasteiger partial charge in [0.25, 0.3) is 0 Å². The highest BCUT2D eigenvalue weighted by molar-refractivity contribution is 6.30. The van der Waals surface area contributed by atoms with Crippen LogP contribution >= 0.6 is 11.6 Å². The quantitative estimate of drug-likeness (QED) is 0.834. The van der Waals surface area contributed by atoms with Crippen molar-refractivity contribution in [3.8, 4) is 6.07 Å². The highest BCUT2D eigenvalue weighted by Crippen LogP contribution is 2.49. The molecule has 0 radical (unpaired) electrons. The molecule has 1 aliphatic rings. The van der Waals surface area contributed by atoms with Gasteiger partial charge < -0.3 is 5.11 Å². The molecular weight excluding hydrogens is 214 g/mol. The molecule has 2 rings (SSSR count). The molecule has 1 aromatic carbocycles. The number of hydrogen-bond donors (Lipinski definition) is 1. The van der Waals surface area contributed by atoms with Gasteiger partial charge in [0, 0.05) is 5.02 Å². The second-order valence-corrected chi connectivity index (χ2v) is 4.07. The summed E-state index contributed by atoms with van der Waals surface area (Å²) in [5.74, 6) is -1.20. The first-order valence-corrected chi connectivity index (χ1v) is 4.93. The number of halogens is 1. The summed E-state index contributed by atoms with van der Waals surface area (Å²) in [4.78, 5) is 10.7. The zero-order valence-electron chi connectivity index (χ0n) is 7.77. The van der Waals surface area contributed by atoms with Gasteiger partial charge in [0.1, 0.15) is 0 Å². The number of hydrogen-bond acceptors (Lipinski definition) is 2. The SMILES string of the molecule is N#Cc1ccc(Cl)cc1C1C[C@@H]1C(=O)O. The van der Waals surface area contributed by atoms with Crippen LogP contribution in [0.3, 0.4) is 0 Å². The Labute approximate surface area is 91.9 Å². The Morgan fingerprint density at radius 3 is 2.87 bits per heavy atom. The predicted molar refractivity (Wildman–Crippen MR) is 54.7 cm³/mol. The third-order valence-electron chi connectivity index (χ3n) is 2.64. The lowest BCUT2D eigenvalue weighted by molar-refractivity contribution is -0.138. The zero-order valence-corrected chi connectivity index (χ0v) is 8.53. The molecule has 0 heterocycles. The van der Waals surface area contributed by atoms with E-state index in [-0.39, 0.29) is 11.8 Å². The Morgan fingerprint density at radius 1 is 1.60 bits per heavy atom. The molecule has 1 aromatic rings. The summed E-state index contributed by atoms with van der Waals surface area (Å²) in [6.45, 7) is 0. The molecule has 1 fully saturated rings. The molecule has 0 aromatic heterocycles. The first-order chi connectivity index (χ1) is 7.13. The van der Waals surface area contributed by atoms with Crippen LogP contribution in [-0.2, 0) is 4.79 Å². The third-order valence-corrected chi connectivity index (χ3v) is 2.88. The van der Waals surface area contributed by atoms with Gasteiger partial charge in [-0.1, -0.05) is 11.6 Å². The minimum atomic E-state index is -0.802. The molecule has 76 valence electrons. The molecule has 1 aliphatic carbocycles. The maximum absolute atomic E-state index is 10.7. The van der Waals surface area contributed by atoms with Crippen molar-refractivity contribution in [1.29, 1.82) is 5.26 Å². The van der Waals surface area contributed by atoms with Gasteiger partial charge in [0.05, 0.1) is 17.6 Å². The zero-order chi connectivity index (χ0) is 11.0. The van der Waals surface area contributed by atoms with E-state index in [1.807, 2.05) is 0 Å². The first-order valence-electron chi connectivity index (χ1n) is 4.56. The fourth-order valence-electron chi connectivity index (χ4n) is 1.75. The lowest BCUT2D eigenvalue weighted by Crippen LogP contribution is -2.00. The number of rotatable bonds is 2. The van der Waals surface area contributed by atoms with Crippen molar-refractivity contribution < 1.29 is 9.90 Å². The molecule has 1 N–H and O–H groups in total. The Morgan fingerprint density at radius 2 is 2.33 bits per heavy atom. The molecule has 4 heteroatoms. The lowest BCUT2D eigenvalue weighted by Gasteiger charge is -2.02. The van der Waals surface area contributed by atoms with Gasteiger partial charge in [-0.25, -0.2) is 0 Å². The summed E-state index contributed by atoms with van der Waals surface area (Å²) in [6, 6.07) is 7.01. The number of aliphatic carboxylic acids is 1. The Hall–Kier alpha value is -1.53. The van der Waals surface area contributed by atoms with Crippen molar-refractivity contribution >= 4 is 17.6 Å². The van der Waals surface area contributed by atoms with E-state index < -0.39 is 5.97 Å². The monoisotopic (exact) mass is 221 g/mol. The molecule has 0 saturated heterocycles. The molecule has 3 nitrogen and oxygen atoms in total. The molecule has 0 spiro atoms. The predicted octanol–water partition coefficient (Wildman–Crippen LogP) is 2.40. The van der Waals surface area contributed by atoms with Gasteiger partial charge in [-0.05, 0) is 36.1 Å². The smallest absolute Gasteiger partial charge is 0.307 e. The van der Waals surface area contributed by atoms with Crippen molar-refractivity contribution in [2.75, 3.05) is 0 Å². The minimum Gasteiger partial charge on any atom is -0.481 e. The van der Waals surface area contributed by atoms with Crippen LogP contribution in [0.2, 0.25) is 5.02 Å². The van der Waals surface area contributed by atoms with Crippen molar-refractivity contribution in [3.63, 3.8) is 0 Å². The highest BCUT2D eigenvalue weighted by atomic mass is 35.5. The summed E-state index contributed by atoms with van der Waals surface area (Å²) in [5, 5.41) is 18.2. The van der Waals surface area contributed by atoms with Gasteiger partial charge in [-0.3, -0.25) is 4.79 Å². The van der Waals surface area contributed by atoms with Crippen LogP contribution in [-0.4, -0.2) is 11.1 Å². The molecular formula is C11H8ClNO2. The second-order valence-electron chi connectivity index (χ2n) is 3.63. The number of nitriles is 1. The van der Waals surface area contributed by atoms with E-state index in [2.05, 4.69) is 6.07 Å². The largest absolute Gasteiger partial charge is 0.481 e. The fourth-order valence-corrected chi connectivity index (χ4v) is 1.93. The van der Waals surface area contributed by atoms with Gasteiger partial charge in [-0.2, -0.15) is 5.26 Å². The second kappa shape index (κ2) is 3.56. The van der Waals surface area contributed by atoms with Gasteiger partial charge in [0.15, 0.2) is 0 Å². The Balaban J connectivity index is 2.33. The van der Waals surface area contributed by atoms with E-state index in [9.17, 15) is 4.79 Å². The molecule has 1 unspecified atom stereocenters. The van der Waals surface area contributed by atoms with E-state index in [0.717, 1.165) is 5.56 Å². The highest BCUT2D eigenvalue weighted by Gasteiger charge is 2.45. The van der Waals surface area contributed by atoms with Crippen LogP contribution in [0.5, 0.6) is 0 Å². The van der Waals surface area contributed by atoms with E-state index in [1.54, 1.807) is 18.2 Å². The van der Waals surface area contributed by atoms with Crippen molar-refractivity contribution in [1.82, 2.24) is 0 Å². The average molecular weight is 222 g/mol. The van der Waals surface area contributed by atoms with Crippen molar-refractivity contribution in [2.24, 2.45) is 5.92 Å². The van der Waals surface area contributed by atoms with E-state index in [1.165, 1.54) is 0 Å². The molecule has 2 atom stereocenters. The lowest BCUT2D eigenvalue weighted by atomic mass is 10.0. The minimum absolute atomic E-state index is 0.0455. The van der Waals surface area contributed by atoms with Crippen LogP contribution in [0.25, 0.3) is 0 Å². The van der Waals surface area contributed by atoms with Crippen molar-refractivity contribution in [2.45, 2.75) is 12.3 Å². The summed E-state index contributed by atoms with van der Waals surface area (Å²) in [5.41, 5.74) is 1.28. The maximum Gasteiger partial charge on any atom is 0.307 e. The van der Waals surface area contributed by atoms with Crippen LogP contribution in [0.15, 0.2) is 18.2 Å². The summed E-state index contributed by atoms with van der Waals surface area (Å²) in [6.07, 6.45) is 0.602. The van der Waals surface area contributed by atoms with E-state index >= 15 is 0 Å². The number of benzene rings is 1. The van der Waals surface area contributed by atoms with Crippen molar-refractivity contribution in [3.05, 3.63) is 34.3 Å². The van der Waals surface area contributed by atoms with Gasteiger partial charge >= 0.3 is 5.97 Å². The van der Waals surface area contributed by atoms with Gasteiger partial charge in [0.2, 0.25) is 0 Å². The van der Waals surface area contributed by atoms with E-state index in [4.69, 9.17) is 22.0 Å². The fraction of sp³-hybridized carbons (Fsp3) is 0.273. The molecule has 0 aliphatic heterocycles. The van der Waals surface area contributed by atoms with Crippen LogP contribution < -0.4 is 0 Å². The first kappa shape index (κ1) is 10.0. The normalized spacial score (nSPS) is 23.2. The number of carboxylic acid groups (broad SMARTS) is 1. The molecule has 0 amide bonds. The third kappa shape index (κ3) is 1.81. The maximum atomic E-state index is 10.7. The summed E-state index contributed by atoms with van der Waals surface area (Å²) < 4.78 is 0. The van der Waals surface area contributed by atoms with Crippen LogP contribution in [0, 0.1) is 17.2 Å². The molecule has 15 heavy (non-hydrogen) atoms. The van der Waals surface area contributed by atoms with Gasteiger partial charge in [-0.15, -0.1) is 0 Å². The molecule has 0 bridgehead atoms. The number of nitrogens with zero attached hydrogens (tertiary/aromatic N) is 1. The standard InChI is InChI=1S/C11H8ClNO2/c12-7-2-1-6(5-13)8(3-7)9-4-10(9)11(14)15/h1-3,9-10H,4H2,(H,14,15)/t9?,10-/m0/s1. The Kier molecular flexibility index (Phi) is 2.37. The molecule has 1 saturated carbocycles.